The van der Waals surface area contributed by atoms with Gasteiger partial charge in [-0.15, -0.1) is 0 Å². The van der Waals surface area contributed by atoms with Crippen LogP contribution in [0.3, 0.4) is 0 Å². The number of aromatic amines is 1. The molecule has 1 aliphatic heterocycles. The Morgan fingerprint density at radius 2 is 1.68 bits per heavy atom. The minimum atomic E-state index is -0.530. The number of aromatic nitrogens is 1. The average molecular weight is 449 g/mol. The Bertz CT molecular complexity index is 1480. The van der Waals surface area contributed by atoms with E-state index in [1.54, 1.807) is 0 Å². The van der Waals surface area contributed by atoms with Gasteiger partial charge in [-0.25, -0.2) is 0 Å². The molecule has 1 unspecified atom stereocenters. The van der Waals surface area contributed by atoms with Gasteiger partial charge in [0.05, 0.1) is 17.2 Å². The Balaban J connectivity index is 1.83. The van der Waals surface area contributed by atoms with Gasteiger partial charge < -0.3 is 15.4 Å². The van der Waals surface area contributed by atoms with Crippen molar-refractivity contribution in [3.05, 3.63) is 88.1 Å². The number of H-pyrrole nitrogens is 1. The SMILES string of the molecule is Cc1cccc(C#Cc2c(-c3cccc4c(C)c[nH]c34)cc(C)c3c2[C@H](C)C(O)C(C)(C)N3)c1. The van der Waals surface area contributed by atoms with Gasteiger partial charge in [0, 0.05) is 45.4 Å². The largest absolute Gasteiger partial charge is 0.390 e. The van der Waals surface area contributed by atoms with Crippen LogP contribution in [0.25, 0.3) is 22.0 Å². The van der Waals surface area contributed by atoms with E-state index in [1.165, 1.54) is 22.1 Å². The Hall–Kier alpha value is -3.48. The predicted octanol–water partition coefficient (Wildman–Crippen LogP) is 6.83. The van der Waals surface area contributed by atoms with Gasteiger partial charge in [0.2, 0.25) is 0 Å². The van der Waals surface area contributed by atoms with Gasteiger partial charge in [-0.1, -0.05) is 49.1 Å². The molecule has 0 fully saturated rings. The maximum absolute atomic E-state index is 11.2. The lowest BCUT2D eigenvalue weighted by molar-refractivity contribution is 0.0868. The summed E-state index contributed by atoms with van der Waals surface area (Å²) in [7, 11) is 0. The van der Waals surface area contributed by atoms with Gasteiger partial charge in [0.1, 0.15) is 0 Å². The number of anilines is 1. The van der Waals surface area contributed by atoms with Crippen molar-refractivity contribution in [2.45, 2.75) is 59.1 Å². The molecular formula is C31H32N2O. The molecule has 0 amide bonds. The molecular weight excluding hydrogens is 416 g/mol. The second kappa shape index (κ2) is 8.08. The quantitative estimate of drug-likeness (QED) is 0.280. The number of benzene rings is 3. The second-order valence-corrected chi connectivity index (χ2v) is 10.3. The fourth-order valence-electron chi connectivity index (χ4n) is 5.37. The maximum Gasteiger partial charge on any atom is 0.0831 e. The van der Waals surface area contributed by atoms with Crippen LogP contribution in [0.5, 0.6) is 0 Å². The topological polar surface area (TPSA) is 48.0 Å². The van der Waals surface area contributed by atoms with Crippen LogP contribution in [0.2, 0.25) is 0 Å². The van der Waals surface area contributed by atoms with E-state index in [-0.39, 0.29) is 5.92 Å². The number of para-hydroxylation sites is 1. The van der Waals surface area contributed by atoms with Gasteiger partial charge in [-0.05, 0) is 75.1 Å². The first-order chi connectivity index (χ1) is 16.2. The molecule has 3 aromatic carbocycles. The summed E-state index contributed by atoms with van der Waals surface area (Å²) in [6.07, 6.45) is 1.53. The number of nitrogens with one attached hydrogen (secondary N) is 2. The van der Waals surface area contributed by atoms with Gasteiger partial charge >= 0.3 is 0 Å². The van der Waals surface area contributed by atoms with Crippen LogP contribution >= 0.6 is 0 Å². The normalized spacial score (nSPS) is 18.7. The summed E-state index contributed by atoms with van der Waals surface area (Å²) in [6, 6.07) is 17.0. The zero-order valence-corrected chi connectivity index (χ0v) is 20.8. The zero-order chi connectivity index (χ0) is 24.2. The van der Waals surface area contributed by atoms with Crippen molar-refractivity contribution in [3.63, 3.8) is 0 Å². The van der Waals surface area contributed by atoms with E-state index in [9.17, 15) is 5.11 Å². The lowest BCUT2D eigenvalue weighted by atomic mass is 9.75. The highest BCUT2D eigenvalue weighted by Crippen LogP contribution is 2.46. The number of aliphatic hydroxyl groups is 1. The van der Waals surface area contributed by atoms with Gasteiger partial charge in [-0.3, -0.25) is 0 Å². The van der Waals surface area contributed by atoms with Crippen molar-refractivity contribution in [2.24, 2.45) is 0 Å². The molecule has 2 heterocycles. The average Bonchev–Trinajstić information content (AvgIpc) is 3.18. The number of rotatable bonds is 1. The molecule has 3 heteroatoms. The minimum absolute atomic E-state index is 0.0590. The van der Waals surface area contributed by atoms with Crippen molar-refractivity contribution in [1.82, 2.24) is 4.98 Å². The van der Waals surface area contributed by atoms with Crippen LogP contribution < -0.4 is 5.32 Å². The van der Waals surface area contributed by atoms with Crippen LogP contribution in [0.4, 0.5) is 5.69 Å². The number of hydrogen-bond donors (Lipinski definition) is 3. The van der Waals surface area contributed by atoms with Gasteiger partial charge in [0.15, 0.2) is 0 Å². The molecule has 0 radical (unpaired) electrons. The molecule has 0 aliphatic carbocycles. The molecule has 1 aliphatic rings. The molecule has 3 N–H and O–H groups in total. The van der Waals surface area contributed by atoms with Crippen molar-refractivity contribution in [3.8, 4) is 23.0 Å². The number of hydrogen-bond acceptors (Lipinski definition) is 2. The smallest absolute Gasteiger partial charge is 0.0831 e. The van der Waals surface area contributed by atoms with E-state index in [0.29, 0.717) is 0 Å². The molecule has 1 aromatic heterocycles. The van der Waals surface area contributed by atoms with E-state index in [1.807, 2.05) is 6.07 Å². The second-order valence-electron chi connectivity index (χ2n) is 10.3. The summed E-state index contributed by atoms with van der Waals surface area (Å²) in [4.78, 5) is 3.48. The predicted molar refractivity (Wildman–Crippen MR) is 142 cm³/mol. The summed E-state index contributed by atoms with van der Waals surface area (Å²) >= 11 is 0. The van der Waals surface area contributed by atoms with Gasteiger partial charge in [0.25, 0.3) is 0 Å². The van der Waals surface area contributed by atoms with Crippen molar-refractivity contribution in [1.29, 1.82) is 0 Å². The number of fused-ring (bicyclic) bond motifs is 2. The first-order valence-corrected chi connectivity index (χ1v) is 12.0. The lowest BCUT2D eigenvalue weighted by Gasteiger charge is -2.43. The van der Waals surface area contributed by atoms with Crippen LogP contribution in [-0.4, -0.2) is 21.7 Å². The van der Waals surface area contributed by atoms with Crippen LogP contribution in [-0.2, 0) is 0 Å². The third-order valence-corrected chi connectivity index (χ3v) is 7.24. The van der Waals surface area contributed by atoms with E-state index >= 15 is 0 Å². The summed E-state index contributed by atoms with van der Waals surface area (Å²) in [5.74, 6) is 6.91. The van der Waals surface area contributed by atoms with Crippen molar-refractivity contribution >= 4 is 16.6 Å². The summed E-state index contributed by atoms with van der Waals surface area (Å²) in [6.45, 7) is 12.6. The molecule has 2 atom stereocenters. The highest BCUT2D eigenvalue weighted by Gasteiger charge is 2.40. The Kier molecular flexibility index (Phi) is 5.30. The number of aliphatic hydroxyl groups excluding tert-OH is 1. The fraction of sp³-hybridized carbons (Fsp3) is 0.290. The third kappa shape index (κ3) is 3.59. The molecule has 4 aromatic rings. The fourth-order valence-corrected chi connectivity index (χ4v) is 5.37. The molecule has 0 saturated carbocycles. The molecule has 0 saturated heterocycles. The molecule has 0 bridgehead atoms. The summed E-state index contributed by atoms with van der Waals surface area (Å²) < 4.78 is 0. The first-order valence-electron chi connectivity index (χ1n) is 12.0. The first kappa shape index (κ1) is 22.3. The molecule has 172 valence electrons. The molecule has 5 rings (SSSR count). The van der Waals surface area contributed by atoms with Crippen molar-refractivity contribution < 1.29 is 5.11 Å². The van der Waals surface area contributed by atoms with Gasteiger partial charge in [-0.2, -0.15) is 0 Å². The summed E-state index contributed by atoms with van der Waals surface area (Å²) in [5.41, 5.74) is 10.7. The molecule has 3 nitrogen and oxygen atoms in total. The Morgan fingerprint density at radius 1 is 0.912 bits per heavy atom. The lowest BCUT2D eigenvalue weighted by Crippen LogP contribution is -2.50. The Labute approximate surface area is 202 Å². The monoisotopic (exact) mass is 448 g/mol. The van der Waals surface area contributed by atoms with Crippen LogP contribution in [0.15, 0.2) is 54.7 Å². The zero-order valence-electron chi connectivity index (χ0n) is 20.8. The third-order valence-electron chi connectivity index (χ3n) is 7.24. The molecule has 0 spiro atoms. The highest BCUT2D eigenvalue weighted by molar-refractivity contribution is 5.98. The van der Waals surface area contributed by atoms with E-state index in [0.717, 1.165) is 39.0 Å². The maximum atomic E-state index is 11.2. The van der Waals surface area contributed by atoms with Crippen LogP contribution in [0, 0.1) is 32.6 Å². The highest BCUT2D eigenvalue weighted by atomic mass is 16.3. The minimum Gasteiger partial charge on any atom is -0.390 e. The summed E-state index contributed by atoms with van der Waals surface area (Å²) in [5, 5.41) is 16.1. The van der Waals surface area contributed by atoms with Crippen LogP contribution in [0.1, 0.15) is 60.1 Å². The van der Waals surface area contributed by atoms with E-state index in [2.05, 4.69) is 112 Å². The standard InChI is InChI=1S/C31H32N2O/c1-18-9-7-10-22(15-18)13-14-24-26(25-12-8-11-23-20(3)17-32-29(23)25)16-19(2)28-27(24)21(4)30(34)31(5,6)33-28/h7-12,15-17,21,30,32-34H,1-6H3/t21-,30?/m0/s1. The van der Waals surface area contributed by atoms with Crippen molar-refractivity contribution in [2.75, 3.05) is 5.32 Å². The number of aryl methyl sites for hydroxylation is 3. The van der Waals surface area contributed by atoms with E-state index in [4.69, 9.17) is 0 Å². The van der Waals surface area contributed by atoms with E-state index < -0.39 is 11.6 Å². The molecule has 34 heavy (non-hydrogen) atoms. The Morgan fingerprint density at radius 3 is 2.44 bits per heavy atom.